The first kappa shape index (κ1) is 20.9. The first-order chi connectivity index (χ1) is 13.9. The number of benzene rings is 2. The smallest absolute Gasteiger partial charge is 0.225 e. The Morgan fingerprint density at radius 2 is 1.69 bits per heavy atom. The van der Waals surface area contributed by atoms with Gasteiger partial charge in [-0.2, -0.15) is 0 Å². The molecule has 1 heterocycles. The van der Waals surface area contributed by atoms with E-state index in [1.54, 1.807) is 31.2 Å². The summed E-state index contributed by atoms with van der Waals surface area (Å²) in [6, 6.07) is 9.84. The molecular weight excluding hydrogens is 401 g/mol. The van der Waals surface area contributed by atoms with E-state index in [4.69, 9.17) is 11.6 Å². The zero-order valence-electron chi connectivity index (χ0n) is 15.6. The number of hydrogen-bond donors (Lipinski definition) is 1. The zero-order chi connectivity index (χ0) is 21.0. The number of carbonyl (C=O) groups is 1. The third-order valence-electron chi connectivity index (χ3n) is 4.58. The van der Waals surface area contributed by atoms with Crippen molar-refractivity contribution in [3.63, 3.8) is 0 Å². The van der Waals surface area contributed by atoms with Crippen LogP contribution < -0.4 is 5.32 Å². The second kappa shape index (κ2) is 9.09. The summed E-state index contributed by atoms with van der Waals surface area (Å²) in [6.07, 6.45) is 2.73. The molecule has 29 heavy (non-hydrogen) atoms. The number of halogens is 4. The van der Waals surface area contributed by atoms with Crippen LogP contribution in [0.4, 0.5) is 18.9 Å². The molecule has 2 aromatic carbocycles. The predicted octanol–water partition coefficient (Wildman–Crippen LogP) is 5.88. The second-order valence-corrected chi connectivity index (χ2v) is 7.00. The Kier molecular flexibility index (Phi) is 6.54. The minimum Gasteiger partial charge on any atom is -0.324 e. The molecule has 3 nitrogen and oxygen atoms in total. The molecule has 0 aliphatic heterocycles. The van der Waals surface area contributed by atoms with Crippen molar-refractivity contribution in [3.05, 3.63) is 94.0 Å². The van der Waals surface area contributed by atoms with Gasteiger partial charge in [-0.25, -0.2) is 13.2 Å². The van der Waals surface area contributed by atoms with Gasteiger partial charge >= 0.3 is 0 Å². The molecule has 0 fully saturated rings. The molecule has 0 saturated carbocycles. The largest absolute Gasteiger partial charge is 0.324 e. The Balaban J connectivity index is 1.92. The van der Waals surface area contributed by atoms with Crippen LogP contribution in [-0.4, -0.2) is 10.9 Å². The van der Waals surface area contributed by atoms with Crippen LogP contribution in [0.1, 0.15) is 36.0 Å². The van der Waals surface area contributed by atoms with Gasteiger partial charge in [-0.15, -0.1) is 0 Å². The number of carbonyl (C=O) groups excluding carboxylic acids is 1. The molecule has 7 heteroatoms. The van der Waals surface area contributed by atoms with Gasteiger partial charge in [-0.05, 0) is 41.8 Å². The maximum absolute atomic E-state index is 13.9. The zero-order valence-corrected chi connectivity index (χ0v) is 16.3. The Morgan fingerprint density at radius 3 is 2.31 bits per heavy atom. The number of aromatic nitrogens is 1. The van der Waals surface area contributed by atoms with Crippen LogP contribution in [0.3, 0.4) is 0 Å². The molecule has 1 amide bonds. The lowest BCUT2D eigenvalue weighted by Gasteiger charge is -2.19. The summed E-state index contributed by atoms with van der Waals surface area (Å²) in [6.45, 7) is 1.76. The summed E-state index contributed by atoms with van der Waals surface area (Å²) in [5, 5.41) is 3.16. The van der Waals surface area contributed by atoms with Crippen molar-refractivity contribution in [2.75, 3.05) is 5.32 Å². The Bertz CT molecular complexity index is 1000. The molecule has 0 bridgehead atoms. The van der Waals surface area contributed by atoms with Crippen molar-refractivity contribution in [1.29, 1.82) is 0 Å². The summed E-state index contributed by atoms with van der Waals surface area (Å²) in [4.78, 5) is 16.5. The van der Waals surface area contributed by atoms with Crippen LogP contribution in [0.15, 0.2) is 54.9 Å². The van der Waals surface area contributed by atoms with E-state index in [1.807, 2.05) is 0 Å². The van der Waals surface area contributed by atoms with Crippen molar-refractivity contribution in [2.45, 2.75) is 25.7 Å². The Labute approximate surface area is 171 Å². The minimum atomic E-state index is -0.734. The molecule has 0 spiro atoms. The van der Waals surface area contributed by atoms with E-state index in [-0.39, 0.29) is 12.1 Å². The van der Waals surface area contributed by atoms with E-state index in [0.717, 1.165) is 12.3 Å². The number of anilines is 1. The van der Waals surface area contributed by atoms with Gasteiger partial charge in [0, 0.05) is 29.0 Å². The lowest BCUT2D eigenvalue weighted by molar-refractivity contribution is -0.116. The average molecular weight is 419 g/mol. The van der Waals surface area contributed by atoms with Crippen LogP contribution in [0.5, 0.6) is 0 Å². The van der Waals surface area contributed by atoms with Gasteiger partial charge in [-0.1, -0.05) is 30.7 Å². The summed E-state index contributed by atoms with van der Waals surface area (Å²) < 4.78 is 41.5. The molecular formula is C22H18ClF3N2O. The minimum absolute atomic E-state index is 0.107. The van der Waals surface area contributed by atoms with E-state index >= 15 is 0 Å². The van der Waals surface area contributed by atoms with Crippen LogP contribution in [0.25, 0.3) is 0 Å². The van der Waals surface area contributed by atoms with Gasteiger partial charge < -0.3 is 5.32 Å². The molecule has 0 unspecified atom stereocenters. The number of hydrogen-bond acceptors (Lipinski definition) is 2. The second-order valence-electron chi connectivity index (χ2n) is 6.56. The number of nitrogens with zero attached hydrogens (tertiary/aromatic N) is 1. The van der Waals surface area contributed by atoms with Crippen molar-refractivity contribution in [2.24, 2.45) is 0 Å². The van der Waals surface area contributed by atoms with Gasteiger partial charge in [0.25, 0.3) is 0 Å². The van der Waals surface area contributed by atoms with Gasteiger partial charge in [0.15, 0.2) is 0 Å². The first-order valence-electron chi connectivity index (χ1n) is 9.01. The average Bonchev–Trinajstić information content (AvgIpc) is 2.66. The van der Waals surface area contributed by atoms with Crippen molar-refractivity contribution in [3.8, 4) is 0 Å². The molecule has 150 valence electrons. The van der Waals surface area contributed by atoms with Gasteiger partial charge in [0.2, 0.25) is 5.91 Å². The fourth-order valence-electron chi connectivity index (χ4n) is 3.21. The van der Waals surface area contributed by atoms with E-state index in [9.17, 15) is 18.0 Å². The number of amides is 1. The monoisotopic (exact) mass is 418 g/mol. The highest BCUT2D eigenvalue weighted by molar-refractivity contribution is 6.30. The van der Waals surface area contributed by atoms with E-state index in [2.05, 4.69) is 10.3 Å². The maximum Gasteiger partial charge on any atom is 0.225 e. The predicted molar refractivity (Wildman–Crippen MR) is 106 cm³/mol. The summed E-state index contributed by atoms with van der Waals surface area (Å²) >= 11 is 5.93. The van der Waals surface area contributed by atoms with Crippen molar-refractivity contribution >= 4 is 23.2 Å². The molecule has 0 radical (unpaired) electrons. The molecule has 0 saturated heterocycles. The lowest BCUT2D eigenvalue weighted by atomic mass is 9.88. The van der Waals surface area contributed by atoms with Gasteiger partial charge in [0.1, 0.15) is 17.5 Å². The summed E-state index contributed by atoms with van der Waals surface area (Å²) in [7, 11) is 0. The number of rotatable bonds is 6. The molecule has 3 rings (SSSR count). The maximum atomic E-state index is 13.9. The third kappa shape index (κ3) is 5.15. The topological polar surface area (TPSA) is 42.0 Å². The highest BCUT2D eigenvalue weighted by Crippen LogP contribution is 2.31. The Morgan fingerprint density at radius 1 is 1.03 bits per heavy atom. The number of pyridine rings is 1. The number of nitrogens with one attached hydrogen (secondary N) is 1. The van der Waals surface area contributed by atoms with Crippen LogP contribution in [-0.2, 0) is 11.2 Å². The van der Waals surface area contributed by atoms with Crippen LogP contribution >= 0.6 is 11.6 Å². The van der Waals surface area contributed by atoms with E-state index in [1.165, 1.54) is 18.3 Å². The fraction of sp³-hybridized carbons (Fsp3) is 0.182. The lowest BCUT2D eigenvalue weighted by Crippen LogP contribution is -2.18. The van der Waals surface area contributed by atoms with Crippen molar-refractivity contribution in [1.82, 2.24) is 4.98 Å². The first-order valence-corrected chi connectivity index (χ1v) is 9.38. The SMILES string of the molecule is CCc1c(F)cncc1NC(=O)C[C@@H](c1ccc(Cl)cc1)c1cc(F)cc(F)c1. The normalized spacial score (nSPS) is 11.9. The molecule has 0 aliphatic carbocycles. The quantitative estimate of drug-likeness (QED) is 0.543. The summed E-state index contributed by atoms with van der Waals surface area (Å²) in [5.74, 6) is -3.03. The van der Waals surface area contributed by atoms with Crippen molar-refractivity contribution < 1.29 is 18.0 Å². The Hall–Kier alpha value is -2.86. The molecule has 1 N–H and O–H groups in total. The van der Waals surface area contributed by atoms with E-state index < -0.39 is 29.3 Å². The van der Waals surface area contributed by atoms with Gasteiger partial charge in [0.05, 0.1) is 18.1 Å². The molecule has 3 aromatic rings. The molecule has 0 aliphatic rings. The van der Waals surface area contributed by atoms with Crippen LogP contribution in [0.2, 0.25) is 5.02 Å². The molecule has 1 aromatic heterocycles. The highest BCUT2D eigenvalue weighted by atomic mass is 35.5. The highest BCUT2D eigenvalue weighted by Gasteiger charge is 2.21. The van der Waals surface area contributed by atoms with E-state index in [0.29, 0.717) is 28.1 Å². The standard InChI is InChI=1S/C22H18ClF3N2O/c1-2-18-20(26)11-27-12-21(18)28-22(29)10-19(13-3-5-15(23)6-4-13)14-7-16(24)9-17(25)8-14/h3-9,11-12,19H,2,10H2,1H3,(H,28,29)/t19-/m0/s1. The summed E-state index contributed by atoms with van der Waals surface area (Å²) in [5.41, 5.74) is 1.60. The van der Waals surface area contributed by atoms with Gasteiger partial charge in [-0.3, -0.25) is 9.78 Å². The van der Waals surface area contributed by atoms with Crippen LogP contribution in [0, 0.1) is 17.5 Å². The third-order valence-corrected chi connectivity index (χ3v) is 4.83. The molecule has 1 atom stereocenters. The fourth-order valence-corrected chi connectivity index (χ4v) is 3.34.